The summed E-state index contributed by atoms with van der Waals surface area (Å²) in [5, 5.41) is 0. The summed E-state index contributed by atoms with van der Waals surface area (Å²) >= 11 is 1.49. The number of alkyl halides is 3. The van der Waals surface area contributed by atoms with Gasteiger partial charge >= 0.3 is 6.18 Å². The SMILES string of the molecule is O=C(CCCOc1ccccc1)N1CCSc2cc(CC(F)(F)F)ccc21. The van der Waals surface area contributed by atoms with Gasteiger partial charge in [0, 0.05) is 23.6 Å². The highest BCUT2D eigenvalue weighted by molar-refractivity contribution is 7.99. The van der Waals surface area contributed by atoms with Crippen LogP contribution in [-0.2, 0) is 11.2 Å². The molecule has 0 bridgehead atoms. The van der Waals surface area contributed by atoms with Crippen molar-refractivity contribution in [3.05, 3.63) is 54.1 Å². The third-order valence-electron chi connectivity index (χ3n) is 4.14. The molecule has 0 aromatic heterocycles. The van der Waals surface area contributed by atoms with E-state index in [2.05, 4.69) is 0 Å². The maximum absolute atomic E-state index is 12.6. The number of hydrogen-bond donors (Lipinski definition) is 0. The van der Waals surface area contributed by atoms with E-state index in [0.717, 1.165) is 10.6 Å². The summed E-state index contributed by atoms with van der Waals surface area (Å²) in [5.74, 6) is 1.41. The van der Waals surface area contributed by atoms with Gasteiger partial charge in [-0.1, -0.05) is 24.3 Å². The Morgan fingerprint density at radius 2 is 1.93 bits per heavy atom. The van der Waals surface area contributed by atoms with Gasteiger partial charge in [0.2, 0.25) is 5.91 Å². The third kappa shape index (κ3) is 5.66. The van der Waals surface area contributed by atoms with Crippen LogP contribution in [0.25, 0.3) is 0 Å². The monoisotopic (exact) mass is 395 g/mol. The van der Waals surface area contributed by atoms with E-state index in [4.69, 9.17) is 4.74 Å². The first kappa shape index (κ1) is 19.6. The molecule has 0 spiro atoms. The first-order chi connectivity index (χ1) is 12.9. The van der Waals surface area contributed by atoms with Crippen molar-refractivity contribution in [3.63, 3.8) is 0 Å². The molecule has 1 aliphatic rings. The van der Waals surface area contributed by atoms with Gasteiger partial charge < -0.3 is 9.64 Å². The molecule has 0 N–H and O–H groups in total. The van der Waals surface area contributed by atoms with Gasteiger partial charge in [0.25, 0.3) is 0 Å². The lowest BCUT2D eigenvalue weighted by Crippen LogP contribution is -2.35. The van der Waals surface area contributed by atoms with Gasteiger partial charge in [-0.2, -0.15) is 13.2 Å². The average molecular weight is 395 g/mol. The van der Waals surface area contributed by atoms with Crippen molar-refractivity contribution in [3.8, 4) is 5.75 Å². The first-order valence-electron chi connectivity index (χ1n) is 8.73. The lowest BCUT2D eigenvalue weighted by molar-refractivity contribution is -0.127. The molecule has 0 saturated carbocycles. The third-order valence-corrected chi connectivity index (χ3v) is 5.16. The summed E-state index contributed by atoms with van der Waals surface area (Å²) in [6.45, 7) is 1.00. The number of carbonyl (C=O) groups excluding carboxylic acids is 1. The number of rotatable bonds is 6. The van der Waals surface area contributed by atoms with Gasteiger partial charge in [0.05, 0.1) is 18.7 Å². The number of amides is 1. The molecule has 1 aliphatic heterocycles. The lowest BCUT2D eigenvalue weighted by atomic mass is 10.1. The van der Waals surface area contributed by atoms with E-state index in [9.17, 15) is 18.0 Å². The number of nitrogens with zero attached hydrogens (tertiary/aromatic N) is 1. The molecule has 1 amide bonds. The predicted octanol–water partition coefficient (Wildman–Crippen LogP) is 5.09. The van der Waals surface area contributed by atoms with Gasteiger partial charge in [-0.05, 0) is 36.2 Å². The summed E-state index contributed by atoms with van der Waals surface area (Å²) < 4.78 is 43.4. The standard InChI is InChI=1S/C20H20F3NO2S/c21-20(22,23)14-15-8-9-17-18(13-15)27-12-10-24(17)19(25)7-4-11-26-16-5-2-1-3-6-16/h1-3,5-6,8-9,13H,4,7,10-12,14H2. The van der Waals surface area contributed by atoms with Crippen LogP contribution in [0.1, 0.15) is 18.4 Å². The molecule has 0 radical (unpaired) electrons. The molecule has 144 valence electrons. The Morgan fingerprint density at radius 3 is 2.67 bits per heavy atom. The number of thioether (sulfide) groups is 1. The fourth-order valence-corrected chi connectivity index (χ4v) is 3.98. The molecule has 1 heterocycles. The van der Waals surface area contributed by atoms with E-state index < -0.39 is 12.6 Å². The van der Waals surface area contributed by atoms with Crippen LogP contribution < -0.4 is 9.64 Å². The topological polar surface area (TPSA) is 29.5 Å². The molecule has 2 aromatic carbocycles. The first-order valence-corrected chi connectivity index (χ1v) is 9.72. The molecule has 7 heteroatoms. The van der Waals surface area contributed by atoms with Crippen molar-refractivity contribution >= 4 is 23.4 Å². The van der Waals surface area contributed by atoms with E-state index in [-0.39, 0.29) is 11.5 Å². The lowest BCUT2D eigenvalue weighted by Gasteiger charge is -2.29. The zero-order valence-electron chi connectivity index (χ0n) is 14.7. The van der Waals surface area contributed by atoms with Crippen LogP contribution in [-0.4, -0.2) is 31.0 Å². The van der Waals surface area contributed by atoms with Crippen molar-refractivity contribution in [1.29, 1.82) is 0 Å². The number of fused-ring (bicyclic) bond motifs is 1. The van der Waals surface area contributed by atoms with Gasteiger partial charge in [-0.3, -0.25) is 4.79 Å². The molecule has 3 nitrogen and oxygen atoms in total. The Bertz CT molecular complexity index is 781. The minimum Gasteiger partial charge on any atom is -0.494 e. The maximum atomic E-state index is 12.6. The Balaban J connectivity index is 1.57. The molecule has 27 heavy (non-hydrogen) atoms. The fourth-order valence-electron chi connectivity index (χ4n) is 2.93. The highest BCUT2D eigenvalue weighted by atomic mass is 32.2. The van der Waals surface area contributed by atoms with Gasteiger partial charge in [-0.25, -0.2) is 0 Å². The predicted molar refractivity (Wildman–Crippen MR) is 100 cm³/mol. The largest absolute Gasteiger partial charge is 0.494 e. The second kappa shape index (κ2) is 8.69. The maximum Gasteiger partial charge on any atom is 0.393 e. The average Bonchev–Trinajstić information content (AvgIpc) is 2.64. The Kier molecular flexibility index (Phi) is 6.31. The molecule has 0 fully saturated rings. The minimum absolute atomic E-state index is 0.0308. The van der Waals surface area contributed by atoms with Crippen LogP contribution in [0.15, 0.2) is 53.4 Å². The van der Waals surface area contributed by atoms with Crippen molar-refractivity contribution < 1.29 is 22.7 Å². The van der Waals surface area contributed by atoms with E-state index in [1.165, 1.54) is 17.8 Å². The van der Waals surface area contributed by atoms with E-state index in [1.807, 2.05) is 30.3 Å². The van der Waals surface area contributed by atoms with Gasteiger partial charge in [0.15, 0.2) is 0 Å². The highest BCUT2D eigenvalue weighted by Gasteiger charge is 2.29. The number of anilines is 1. The Morgan fingerprint density at radius 1 is 1.15 bits per heavy atom. The zero-order valence-corrected chi connectivity index (χ0v) is 15.5. The van der Waals surface area contributed by atoms with Crippen LogP contribution in [0.5, 0.6) is 5.75 Å². The van der Waals surface area contributed by atoms with Crippen molar-refractivity contribution in [2.75, 3.05) is 23.8 Å². The van der Waals surface area contributed by atoms with Gasteiger partial charge in [0.1, 0.15) is 5.75 Å². The van der Waals surface area contributed by atoms with E-state index in [1.54, 1.807) is 17.0 Å². The number of carbonyl (C=O) groups is 1. The number of hydrogen-bond acceptors (Lipinski definition) is 3. The van der Waals surface area contributed by atoms with Crippen LogP contribution in [0.3, 0.4) is 0 Å². The highest BCUT2D eigenvalue weighted by Crippen LogP contribution is 2.37. The van der Waals surface area contributed by atoms with E-state index >= 15 is 0 Å². The summed E-state index contributed by atoms with van der Waals surface area (Å²) in [4.78, 5) is 15.0. The zero-order chi connectivity index (χ0) is 19.3. The van der Waals surface area contributed by atoms with E-state index in [0.29, 0.717) is 37.4 Å². The Labute approximate surface area is 160 Å². The van der Waals surface area contributed by atoms with Crippen LogP contribution in [0, 0.1) is 0 Å². The molecular weight excluding hydrogens is 375 g/mol. The van der Waals surface area contributed by atoms with Crippen LogP contribution in [0.4, 0.5) is 18.9 Å². The number of benzene rings is 2. The second-order valence-electron chi connectivity index (χ2n) is 6.25. The number of halogens is 3. The Hall–Kier alpha value is -2.15. The number of ether oxygens (including phenoxy) is 1. The molecule has 0 aliphatic carbocycles. The fraction of sp³-hybridized carbons (Fsp3) is 0.350. The smallest absolute Gasteiger partial charge is 0.393 e. The summed E-state index contributed by atoms with van der Waals surface area (Å²) in [5.41, 5.74) is 0.922. The van der Waals surface area contributed by atoms with Crippen LogP contribution in [0.2, 0.25) is 0 Å². The minimum atomic E-state index is -4.23. The van der Waals surface area contributed by atoms with Crippen molar-refractivity contribution in [2.45, 2.75) is 30.3 Å². The van der Waals surface area contributed by atoms with Crippen molar-refractivity contribution in [2.24, 2.45) is 0 Å². The molecule has 0 unspecified atom stereocenters. The summed E-state index contributed by atoms with van der Waals surface area (Å²) in [6, 6.07) is 14.0. The quantitative estimate of drug-likeness (QED) is 0.638. The molecule has 3 rings (SSSR count). The molecule has 0 saturated heterocycles. The van der Waals surface area contributed by atoms with Gasteiger partial charge in [-0.15, -0.1) is 11.8 Å². The molecule has 2 aromatic rings. The normalized spacial score (nSPS) is 14.0. The number of para-hydroxylation sites is 1. The summed E-state index contributed by atoms with van der Waals surface area (Å²) in [6.07, 6.45) is -4.27. The second-order valence-corrected chi connectivity index (χ2v) is 7.39. The molecular formula is C20H20F3NO2S. The molecule has 0 atom stereocenters. The van der Waals surface area contributed by atoms with Crippen LogP contribution >= 0.6 is 11.8 Å². The summed E-state index contributed by atoms with van der Waals surface area (Å²) in [7, 11) is 0. The van der Waals surface area contributed by atoms with Crippen molar-refractivity contribution in [1.82, 2.24) is 0 Å².